The van der Waals surface area contributed by atoms with Crippen LogP contribution in [0.15, 0.2) is 34.9 Å². The van der Waals surface area contributed by atoms with E-state index in [1.165, 1.54) is 17.7 Å². The lowest BCUT2D eigenvalue weighted by atomic mass is 9.64. The van der Waals surface area contributed by atoms with Crippen molar-refractivity contribution in [2.24, 2.45) is 11.8 Å². The molecule has 0 aromatic carbocycles. The molecular formula is C13H12O2. The molecule has 2 nitrogen and oxygen atoms in total. The standard InChI is InChI=1S/C13H12O2/c1-7-6-8-2-3-9(7)13-11(15)5-4-10(14)12(8)13/h4-6,8-9H,2-3H2,1H3/t8-,9-/m1/s1. The van der Waals surface area contributed by atoms with Gasteiger partial charge in [-0.15, -0.1) is 0 Å². The van der Waals surface area contributed by atoms with Crippen molar-refractivity contribution in [3.05, 3.63) is 34.9 Å². The van der Waals surface area contributed by atoms with E-state index < -0.39 is 0 Å². The van der Waals surface area contributed by atoms with Crippen LogP contribution in [-0.4, -0.2) is 11.6 Å². The van der Waals surface area contributed by atoms with Crippen molar-refractivity contribution in [2.75, 3.05) is 0 Å². The summed E-state index contributed by atoms with van der Waals surface area (Å²) in [4.78, 5) is 23.5. The Morgan fingerprint density at radius 3 is 2.40 bits per heavy atom. The van der Waals surface area contributed by atoms with Crippen molar-refractivity contribution in [3.8, 4) is 0 Å². The summed E-state index contributed by atoms with van der Waals surface area (Å²) >= 11 is 0. The highest BCUT2D eigenvalue weighted by molar-refractivity contribution is 6.21. The van der Waals surface area contributed by atoms with Gasteiger partial charge in [0.1, 0.15) is 0 Å². The van der Waals surface area contributed by atoms with Gasteiger partial charge in [-0.3, -0.25) is 9.59 Å². The summed E-state index contributed by atoms with van der Waals surface area (Å²) in [6, 6.07) is 0. The minimum absolute atomic E-state index is 0.0445. The molecule has 0 amide bonds. The van der Waals surface area contributed by atoms with Gasteiger partial charge in [-0.1, -0.05) is 11.6 Å². The Morgan fingerprint density at radius 1 is 1.07 bits per heavy atom. The maximum absolute atomic E-state index is 11.8. The first-order valence-corrected chi connectivity index (χ1v) is 5.37. The number of carbonyl (C=O) groups is 2. The molecule has 0 aromatic heterocycles. The molecule has 4 aliphatic carbocycles. The quantitative estimate of drug-likeness (QED) is 0.442. The van der Waals surface area contributed by atoms with Crippen LogP contribution in [0.4, 0.5) is 0 Å². The van der Waals surface area contributed by atoms with Gasteiger partial charge in [0.15, 0.2) is 11.6 Å². The first-order valence-electron chi connectivity index (χ1n) is 5.37. The van der Waals surface area contributed by atoms with Gasteiger partial charge in [-0.05, 0) is 31.9 Å². The van der Waals surface area contributed by atoms with Crippen LogP contribution in [0, 0.1) is 11.8 Å². The maximum Gasteiger partial charge on any atom is 0.183 e. The van der Waals surface area contributed by atoms with Crippen LogP contribution < -0.4 is 0 Å². The molecule has 2 bridgehead atoms. The summed E-state index contributed by atoms with van der Waals surface area (Å²) in [5.74, 6) is 0.507. The van der Waals surface area contributed by atoms with E-state index in [1.807, 2.05) is 0 Å². The van der Waals surface area contributed by atoms with Crippen molar-refractivity contribution in [1.82, 2.24) is 0 Å². The third-order valence-electron chi connectivity index (χ3n) is 3.71. The summed E-state index contributed by atoms with van der Waals surface area (Å²) in [7, 11) is 0. The molecule has 2 heteroatoms. The van der Waals surface area contributed by atoms with Crippen LogP contribution >= 0.6 is 0 Å². The van der Waals surface area contributed by atoms with E-state index in [9.17, 15) is 9.59 Å². The van der Waals surface area contributed by atoms with Crippen LogP contribution in [0.2, 0.25) is 0 Å². The Bertz CT molecular complexity index is 463. The second kappa shape index (κ2) is 2.78. The van der Waals surface area contributed by atoms with E-state index in [0.717, 1.165) is 24.0 Å². The van der Waals surface area contributed by atoms with Crippen LogP contribution in [0.1, 0.15) is 19.8 Å². The molecule has 0 aromatic rings. The monoisotopic (exact) mass is 200 g/mol. The van der Waals surface area contributed by atoms with Crippen molar-refractivity contribution < 1.29 is 9.59 Å². The van der Waals surface area contributed by atoms with E-state index in [0.29, 0.717) is 0 Å². The van der Waals surface area contributed by atoms with Crippen molar-refractivity contribution >= 4 is 11.6 Å². The van der Waals surface area contributed by atoms with Crippen LogP contribution in [0.25, 0.3) is 0 Å². The van der Waals surface area contributed by atoms with Gasteiger partial charge in [-0.25, -0.2) is 0 Å². The zero-order valence-corrected chi connectivity index (χ0v) is 8.62. The van der Waals surface area contributed by atoms with Gasteiger partial charge in [0.2, 0.25) is 0 Å². The molecule has 2 atom stereocenters. The van der Waals surface area contributed by atoms with E-state index >= 15 is 0 Å². The Labute approximate surface area is 88.4 Å². The first-order chi connectivity index (χ1) is 7.18. The zero-order valence-electron chi connectivity index (χ0n) is 8.62. The number of hydrogen-bond acceptors (Lipinski definition) is 2. The molecule has 0 saturated heterocycles. The fourth-order valence-electron chi connectivity index (χ4n) is 3.03. The Morgan fingerprint density at radius 2 is 1.73 bits per heavy atom. The molecule has 0 N–H and O–H groups in total. The molecule has 76 valence electrons. The van der Waals surface area contributed by atoms with Gasteiger partial charge in [0.25, 0.3) is 0 Å². The molecule has 0 unspecified atom stereocenters. The smallest absolute Gasteiger partial charge is 0.183 e. The summed E-state index contributed by atoms with van der Waals surface area (Å²) in [5, 5.41) is 0. The average molecular weight is 200 g/mol. The van der Waals surface area contributed by atoms with Gasteiger partial charge in [0, 0.05) is 23.0 Å². The summed E-state index contributed by atoms with van der Waals surface area (Å²) in [6.07, 6.45) is 7.06. The first kappa shape index (κ1) is 8.84. The Kier molecular flexibility index (Phi) is 1.64. The van der Waals surface area contributed by atoms with E-state index in [-0.39, 0.29) is 23.4 Å². The third-order valence-corrected chi connectivity index (χ3v) is 3.71. The molecule has 4 rings (SSSR count). The number of hydrogen-bond donors (Lipinski definition) is 0. The third kappa shape index (κ3) is 1.05. The Hall–Kier alpha value is -1.44. The second-order valence-electron chi connectivity index (χ2n) is 4.54. The maximum atomic E-state index is 11.8. The van der Waals surface area contributed by atoms with Crippen molar-refractivity contribution in [3.63, 3.8) is 0 Å². The lowest BCUT2D eigenvalue weighted by Gasteiger charge is -2.38. The average Bonchev–Trinajstić information content (AvgIpc) is 2.23. The van der Waals surface area contributed by atoms with Crippen LogP contribution in [0.5, 0.6) is 0 Å². The lowest BCUT2D eigenvalue weighted by Crippen LogP contribution is -2.33. The van der Waals surface area contributed by atoms with E-state index in [4.69, 9.17) is 0 Å². The summed E-state index contributed by atoms with van der Waals surface area (Å²) in [6.45, 7) is 2.07. The lowest BCUT2D eigenvalue weighted by molar-refractivity contribution is -0.116. The molecular weight excluding hydrogens is 188 g/mol. The van der Waals surface area contributed by atoms with Gasteiger partial charge in [0.05, 0.1) is 0 Å². The molecule has 0 aliphatic heterocycles. The number of fused-ring (bicyclic) bond motifs is 1. The molecule has 0 saturated carbocycles. The predicted octanol–water partition coefficient (Wildman–Crippen LogP) is 1.98. The minimum atomic E-state index is 0.0445. The highest BCUT2D eigenvalue weighted by atomic mass is 16.1. The van der Waals surface area contributed by atoms with E-state index in [2.05, 4.69) is 13.0 Å². The van der Waals surface area contributed by atoms with Crippen LogP contribution in [0.3, 0.4) is 0 Å². The molecule has 0 heterocycles. The van der Waals surface area contributed by atoms with Crippen molar-refractivity contribution in [1.29, 1.82) is 0 Å². The van der Waals surface area contributed by atoms with Gasteiger partial charge in [-0.2, -0.15) is 0 Å². The van der Waals surface area contributed by atoms with Crippen LogP contribution in [-0.2, 0) is 9.59 Å². The minimum Gasteiger partial charge on any atom is -0.290 e. The summed E-state index contributed by atoms with van der Waals surface area (Å²) in [5.41, 5.74) is 2.84. The topological polar surface area (TPSA) is 34.1 Å². The SMILES string of the molecule is CC1=C[C@H]2CC[C@H]1C1=C2C(=O)C=CC1=O. The fourth-order valence-corrected chi connectivity index (χ4v) is 3.03. The normalized spacial score (nSPS) is 33.3. The number of rotatable bonds is 0. The fraction of sp³-hybridized carbons (Fsp3) is 0.385. The number of carbonyl (C=O) groups excluding carboxylic acids is 2. The molecule has 15 heavy (non-hydrogen) atoms. The largest absolute Gasteiger partial charge is 0.290 e. The van der Waals surface area contributed by atoms with Crippen molar-refractivity contribution in [2.45, 2.75) is 19.8 Å². The molecule has 4 aliphatic rings. The zero-order chi connectivity index (χ0) is 10.6. The Balaban J connectivity index is 2.19. The van der Waals surface area contributed by atoms with Gasteiger partial charge < -0.3 is 0 Å². The number of ketones is 2. The van der Waals surface area contributed by atoms with E-state index in [1.54, 1.807) is 0 Å². The highest BCUT2D eigenvalue weighted by Crippen LogP contribution is 2.46. The van der Waals surface area contributed by atoms with Gasteiger partial charge >= 0.3 is 0 Å². The number of allylic oxidation sites excluding steroid dienone is 6. The predicted molar refractivity (Wildman–Crippen MR) is 56.2 cm³/mol. The highest BCUT2D eigenvalue weighted by Gasteiger charge is 2.40. The molecule has 0 fully saturated rings. The summed E-state index contributed by atoms with van der Waals surface area (Å²) < 4.78 is 0. The second-order valence-corrected chi connectivity index (χ2v) is 4.54. The molecule has 0 radical (unpaired) electrons. The molecule has 0 spiro atoms.